The fourth-order valence-electron chi connectivity index (χ4n) is 4.50. The quantitative estimate of drug-likeness (QED) is 0.700. The first-order chi connectivity index (χ1) is 13.8. The van der Waals surface area contributed by atoms with E-state index in [4.69, 9.17) is 4.42 Å². The third-order valence-electron chi connectivity index (χ3n) is 6.10. The smallest absolute Gasteiger partial charge is 0.195 e. The van der Waals surface area contributed by atoms with Crippen LogP contribution in [0, 0.1) is 0 Å². The molecule has 3 aromatic rings. The molecule has 5 rings (SSSR count). The fraction of sp³-hybridized carbons (Fsp3) is 0.391. The van der Waals surface area contributed by atoms with Crippen LogP contribution in [-0.4, -0.2) is 52.0 Å². The summed E-state index contributed by atoms with van der Waals surface area (Å²) in [4.78, 5) is 14.1. The van der Waals surface area contributed by atoms with E-state index in [0.29, 0.717) is 17.6 Å². The van der Waals surface area contributed by atoms with Crippen molar-refractivity contribution in [1.82, 2.24) is 19.8 Å². The molecule has 0 unspecified atom stereocenters. The maximum absolute atomic E-state index is 5.36. The number of rotatable bonds is 4. The molecule has 1 saturated heterocycles. The van der Waals surface area contributed by atoms with Crippen molar-refractivity contribution in [3.63, 3.8) is 0 Å². The average Bonchev–Trinajstić information content (AvgIpc) is 3.29. The molecule has 3 heterocycles. The predicted molar refractivity (Wildman–Crippen MR) is 109 cm³/mol. The number of furan rings is 1. The highest BCUT2D eigenvalue weighted by Gasteiger charge is 2.27. The van der Waals surface area contributed by atoms with Gasteiger partial charge >= 0.3 is 0 Å². The summed E-state index contributed by atoms with van der Waals surface area (Å²) >= 11 is 0. The molecule has 5 heteroatoms. The molecule has 0 bridgehead atoms. The van der Waals surface area contributed by atoms with Crippen LogP contribution in [0.1, 0.15) is 23.1 Å². The second-order valence-corrected chi connectivity index (χ2v) is 7.87. The van der Waals surface area contributed by atoms with Crippen LogP contribution in [0.3, 0.4) is 0 Å². The van der Waals surface area contributed by atoms with Crippen molar-refractivity contribution >= 4 is 0 Å². The monoisotopic (exact) mass is 374 g/mol. The Balaban J connectivity index is 1.15. The second kappa shape index (κ2) is 7.86. The van der Waals surface area contributed by atoms with Gasteiger partial charge in [0.2, 0.25) is 0 Å². The van der Waals surface area contributed by atoms with Crippen LogP contribution < -0.4 is 0 Å². The molecule has 28 heavy (non-hydrogen) atoms. The van der Waals surface area contributed by atoms with Crippen LogP contribution in [0.25, 0.3) is 11.6 Å². The third-order valence-corrected chi connectivity index (χ3v) is 6.10. The van der Waals surface area contributed by atoms with Crippen LogP contribution in [0.4, 0.5) is 0 Å². The lowest BCUT2D eigenvalue weighted by Gasteiger charge is -2.41. The van der Waals surface area contributed by atoms with Gasteiger partial charge in [-0.2, -0.15) is 0 Å². The Hall–Kier alpha value is -2.50. The van der Waals surface area contributed by atoms with E-state index in [1.54, 1.807) is 17.4 Å². The molecule has 1 aliphatic heterocycles. The van der Waals surface area contributed by atoms with E-state index >= 15 is 0 Å². The highest BCUT2D eigenvalue weighted by Crippen LogP contribution is 2.25. The standard InChI is InChI=1S/C23H26N4O/c1-2-5-20-14-21(8-7-19(20)4-1)27-11-9-26(10-12-27)17-18-15-24-23(25-16-18)22-6-3-13-28-22/h1-6,13,15-16,21H,7-12,14,17H2/t21-/m0/s1. The largest absolute Gasteiger partial charge is 0.461 e. The number of hydrogen-bond donors (Lipinski definition) is 0. The van der Waals surface area contributed by atoms with Gasteiger partial charge in [-0.3, -0.25) is 9.80 Å². The number of aromatic nitrogens is 2. The Kier molecular flexibility index (Phi) is 4.93. The molecular formula is C23H26N4O. The Bertz CT molecular complexity index is 899. The highest BCUT2D eigenvalue weighted by molar-refractivity contribution is 5.45. The maximum Gasteiger partial charge on any atom is 0.195 e. The van der Waals surface area contributed by atoms with Gasteiger partial charge < -0.3 is 4.42 Å². The Morgan fingerprint density at radius 3 is 2.46 bits per heavy atom. The van der Waals surface area contributed by atoms with Gasteiger partial charge in [0, 0.05) is 56.7 Å². The predicted octanol–water partition coefficient (Wildman–Crippen LogP) is 3.41. The first-order valence-electron chi connectivity index (χ1n) is 10.2. The van der Waals surface area contributed by atoms with Gasteiger partial charge in [-0.25, -0.2) is 9.97 Å². The van der Waals surface area contributed by atoms with Crippen molar-refractivity contribution in [3.8, 4) is 11.6 Å². The van der Waals surface area contributed by atoms with Crippen molar-refractivity contribution in [2.24, 2.45) is 0 Å². The lowest BCUT2D eigenvalue weighted by molar-refractivity contribution is 0.0855. The molecule has 0 radical (unpaired) electrons. The molecule has 1 fully saturated rings. The van der Waals surface area contributed by atoms with Crippen molar-refractivity contribution in [1.29, 1.82) is 0 Å². The van der Waals surface area contributed by atoms with Gasteiger partial charge in [0.25, 0.3) is 0 Å². The van der Waals surface area contributed by atoms with Gasteiger partial charge in [-0.05, 0) is 42.5 Å². The van der Waals surface area contributed by atoms with Gasteiger partial charge in [0.15, 0.2) is 11.6 Å². The summed E-state index contributed by atoms with van der Waals surface area (Å²) in [5.74, 6) is 1.37. The highest BCUT2D eigenvalue weighted by atomic mass is 16.3. The molecule has 5 nitrogen and oxygen atoms in total. The minimum atomic E-state index is 0.649. The number of benzene rings is 1. The first-order valence-corrected chi connectivity index (χ1v) is 10.2. The minimum Gasteiger partial charge on any atom is -0.461 e. The molecule has 1 aliphatic carbocycles. The average molecular weight is 374 g/mol. The Morgan fingerprint density at radius 2 is 1.71 bits per heavy atom. The number of hydrogen-bond acceptors (Lipinski definition) is 5. The molecule has 0 N–H and O–H groups in total. The zero-order valence-corrected chi connectivity index (χ0v) is 16.1. The summed E-state index contributed by atoms with van der Waals surface area (Å²) in [5.41, 5.74) is 4.26. The molecule has 2 aliphatic rings. The van der Waals surface area contributed by atoms with E-state index in [1.165, 1.54) is 19.3 Å². The summed E-state index contributed by atoms with van der Waals surface area (Å²) < 4.78 is 5.36. The lowest BCUT2D eigenvalue weighted by atomic mass is 9.87. The van der Waals surface area contributed by atoms with E-state index in [-0.39, 0.29) is 0 Å². The molecule has 144 valence electrons. The summed E-state index contributed by atoms with van der Waals surface area (Å²) in [7, 11) is 0. The molecule has 2 aromatic heterocycles. The Morgan fingerprint density at radius 1 is 0.929 bits per heavy atom. The number of piperazine rings is 1. The van der Waals surface area contributed by atoms with Crippen molar-refractivity contribution in [3.05, 3.63) is 71.7 Å². The minimum absolute atomic E-state index is 0.649. The summed E-state index contributed by atoms with van der Waals surface area (Å²) in [6.07, 6.45) is 9.22. The molecule has 0 spiro atoms. The van der Waals surface area contributed by atoms with Crippen LogP contribution in [0.15, 0.2) is 59.5 Å². The van der Waals surface area contributed by atoms with Crippen molar-refractivity contribution in [2.75, 3.05) is 26.2 Å². The maximum atomic E-state index is 5.36. The molecule has 1 aromatic carbocycles. The third kappa shape index (κ3) is 3.73. The van der Waals surface area contributed by atoms with Crippen molar-refractivity contribution < 1.29 is 4.42 Å². The van der Waals surface area contributed by atoms with Gasteiger partial charge in [-0.1, -0.05) is 24.3 Å². The zero-order chi connectivity index (χ0) is 18.8. The molecule has 0 amide bonds. The number of aryl methyl sites for hydroxylation is 1. The van der Waals surface area contributed by atoms with Gasteiger partial charge in [0.05, 0.1) is 6.26 Å². The van der Waals surface area contributed by atoms with E-state index in [0.717, 1.165) is 38.3 Å². The van der Waals surface area contributed by atoms with Gasteiger partial charge in [-0.15, -0.1) is 0 Å². The van der Waals surface area contributed by atoms with Gasteiger partial charge in [0.1, 0.15) is 0 Å². The van der Waals surface area contributed by atoms with Crippen LogP contribution in [-0.2, 0) is 19.4 Å². The molecular weight excluding hydrogens is 348 g/mol. The normalized spacial score (nSPS) is 20.8. The van der Waals surface area contributed by atoms with E-state index in [9.17, 15) is 0 Å². The molecule has 1 atom stereocenters. The Labute approximate surface area is 166 Å². The second-order valence-electron chi connectivity index (χ2n) is 7.87. The fourth-order valence-corrected chi connectivity index (χ4v) is 4.50. The number of nitrogens with zero attached hydrogens (tertiary/aromatic N) is 4. The van der Waals surface area contributed by atoms with Crippen LogP contribution in [0.2, 0.25) is 0 Å². The van der Waals surface area contributed by atoms with Crippen molar-refractivity contribution in [2.45, 2.75) is 31.8 Å². The van der Waals surface area contributed by atoms with E-state index in [2.05, 4.69) is 44.0 Å². The first kappa shape index (κ1) is 17.6. The molecule has 0 saturated carbocycles. The van der Waals surface area contributed by atoms with E-state index in [1.807, 2.05) is 24.5 Å². The van der Waals surface area contributed by atoms with E-state index < -0.39 is 0 Å². The SMILES string of the molecule is c1coc(-c2ncc(CN3CCN([C@H]4CCc5ccccc5C4)CC3)cn2)c1. The van der Waals surface area contributed by atoms with Crippen LogP contribution >= 0.6 is 0 Å². The van der Waals surface area contributed by atoms with Crippen LogP contribution in [0.5, 0.6) is 0 Å². The summed E-state index contributed by atoms with van der Waals surface area (Å²) in [5, 5.41) is 0. The number of fused-ring (bicyclic) bond motifs is 1. The topological polar surface area (TPSA) is 45.4 Å². The zero-order valence-electron chi connectivity index (χ0n) is 16.1. The summed E-state index contributed by atoms with van der Waals surface area (Å²) in [6, 6.07) is 13.4. The lowest BCUT2D eigenvalue weighted by Crippen LogP contribution is -2.51. The summed E-state index contributed by atoms with van der Waals surface area (Å²) in [6.45, 7) is 5.44.